The minimum atomic E-state index is -1.33. The molecule has 1 aliphatic carbocycles. The van der Waals surface area contributed by atoms with Crippen molar-refractivity contribution in [1.82, 2.24) is 16.0 Å². The molecule has 39 heavy (non-hydrogen) atoms. The van der Waals surface area contributed by atoms with Crippen LogP contribution in [-0.4, -0.2) is 68.1 Å². The van der Waals surface area contributed by atoms with Crippen molar-refractivity contribution in [2.24, 2.45) is 5.73 Å². The van der Waals surface area contributed by atoms with Crippen LogP contribution in [0.25, 0.3) is 0 Å². The molecule has 12 heteroatoms. The highest BCUT2D eigenvalue weighted by Gasteiger charge is 2.42. The predicted molar refractivity (Wildman–Crippen MR) is 153 cm³/mol. The van der Waals surface area contributed by atoms with Gasteiger partial charge in [-0.15, -0.1) is 0 Å². The first kappa shape index (κ1) is 30.3. The van der Waals surface area contributed by atoms with Crippen LogP contribution in [0.5, 0.6) is 5.75 Å². The van der Waals surface area contributed by atoms with Crippen LogP contribution in [0.3, 0.4) is 0 Å². The zero-order valence-electron chi connectivity index (χ0n) is 21.7. The average molecular weight is 575 g/mol. The van der Waals surface area contributed by atoms with E-state index in [2.05, 4.69) is 41.2 Å². The first-order chi connectivity index (χ1) is 18.2. The Balaban J connectivity index is 1.75. The number of thiol groups is 2. The molecule has 3 amide bonds. The lowest BCUT2D eigenvalue weighted by molar-refractivity contribution is -0.143. The smallest absolute Gasteiger partial charge is 0.327 e. The number of phenols is 1. The highest BCUT2D eigenvalue weighted by atomic mass is 32.1. The van der Waals surface area contributed by atoms with Crippen molar-refractivity contribution in [3.8, 4) is 5.75 Å². The number of nitrogens with one attached hydrogen (secondary N) is 3. The molecular formula is C27H34N4O6S2. The summed E-state index contributed by atoms with van der Waals surface area (Å²) in [5.74, 6) is -3.25. The molecular weight excluding hydrogens is 540 g/mol. The molecule has 7 N–H and O–H groups in total. The number of carboxylic acid groups (broad SMARTS) is 1. The Morgan fingerprint density at radius 1 is 0.974 bits per heavy atom. The summed E-state index contributed by atoms with van der Waals surface area (Å²) in [6, 6.07) is 10.1. The van der Waals surface area contributed by atoms with Gasteiger partial charge in [0.25, 0.3) is 0 Å². The molecule has 0 bridgehead atoms. The number of carboxylic acids is 1. The fourth-order valence-corrected chi connectivity index (χ4v) is 4.90. The van der Waals surface area contributed by atoms with Crippen molar-refractivity contribution in [1.29, 1.82) is 0 Å². The lowest BCUT2D eigenvalue weighted by atomic mass is 9.95. The standard InChI is InChI=1S/C27H34N4O6S2/c1-26(2,39)21(24(35)36)31-22(33)19(10-15-6-4-3-5-7-15)29-23(34)20(14-38)30-25(37)27(28)12-16-8-9-18(32)11-17(16)13-27/h3-9,11,19-21,32,38-39H,10,12-14,28H2,1-2H3,(H,29,34)(H,30,37)(H,31,33)(H,35,36)/t19-,20+,21-,27-/m0/s1. The van der Waals surface area contributed by atoms with Crippen molar-refractivity contribution in [2.45, 2.75) is 61.5 Å². The number of aliphatic carboxylic acids is 1. The van der Waals surface area contributed by atoms with Crippen LogP contribution < -0.4 is 21.7 Å². The van der Waals surface area contributed by atoms with Gasteiger partial charge in [0.05, 0.1) is 0 Å². The maximum Gasteiger partial charge on any atom is 0.327 e. The molecule has 0 unspecified atom stereocenters. The van der Waals surface area contributed by atoms with E-state index in [9.17, 15) is 29.4 Å². The predicted octanol–water partition coefficient (Wildman–Crippen LogP) is 0.608. The summed E-state index contributed by atoms with van der Waals surface area (Å²) in [5, 5.41) is 27.1. The Morgan fingerprint density at radius 2 is 1.59 bits per heavy atom. The third kappa shape index (κ3) is 7.68. The minimum Gasteiger partial charge on any atom is -0.508 e. The molecule has 0 aromatic heterocycles. The first-order valence-electron chi connectivity index (χ1n) is 12.3. The van der Waals surface area contributed by atoms with Gasteiger partial charge in [0, 0.05) is 23.3 Å². The number of phenolic OH excluding ortho intramolecular Hbond substituents is 1. The second-order valence-corrected chi connectivity index (χ2v) is 11.9. The van der Waals surface area contributed by atoms with E-state index in [0.29, 0.717) is 0 Å². The van der Waals surface area contributed by atoms with Crippen LogP contribution in [-0.2, 0) is 38.4 Å². The van der Waals surface area contributed by atoms with Gasteiger partial charge in [0.2, 0.25) is 17.7 Å². The van der Waals surface area contributed by atoms with Crippen molar-refractivity contribution in [2.75, 3.05) is 5.75 Å². The molecule has 0 saturated carbocycles. The van der Waals surface area contributed by atoms with Gasteiger partial charge in [0.1, 0.15) is 29.4 Å². The van der Waals surface area contributed by atoms with E-state index in [4.69, 9.17) is 5.73 Å². The molecule has 2 aromatic carbocycles. The molecule has 0 heterocycles. The maximum atomic E-state index is 13.3. The van der Waals surface area contributed by atoms with Gasteiger partial charge >= 0.3 is 5.97 Å². The number of amides is 3. The second-order valence-electron chi connectivity index (χ2n) is 10.4. The Hall–Kier alpha value is -3.22. The van der Waals surface area contributed by atoms with Gasteiger partial charge in [-0.2, -0.15) is 25.3 Å². The number of fused-ring (bicyclic) bond motifs is 1. The Labute approximate surface area is 237 Å². The third-order valence-electron chi connectivity index (χ3n) is 6.61. The normalized spacial score (nSPS) is 18.8. The quantitative estimate of drug-likeness (QED) is 0.182. The Bertz CT molecular complexity index is 1240. The van der Waals surface area contributed by atoms with Crippen molar-refractivity contribution in [3.63, 3.8) is 0 Å². The van der Waals surface area contributed by atoms with Crippen molar-refractivity contribution < 1.29 is 29.4 Å². The van der Waals surface area contributed by atoms with Gasteiger partial charge in [-0.3, -0.25) is 14.4 Å². The largest absolute Gasteiger partial charge is 0.508 e. The van der Waals surface area contributed by atoms with Gasteiger partial charge in [-0.1, -0.05) is 36.4 Å². The van der Waals surface area contributed by atoms with Crippen LogP contribution in [0.1, 0.15) is 30.5 Å². The summed E-state index contributed by atoms with van der Waals surface area (Å²) >= 11 is 8.51. The number of aromatic hydroxyl groups is 1. The number of carbonyl (C=O) groups excluding carboxylic acids is 3. The summed E-state index contributed by atoms with van der Waals surface area (Å²) in [7, 11) is 0. The van der Waals surface area contributed by atoms with E-state index < -0.39 is 52.1 Å². The third-order valence-corrected chi connectivity index (χ3v) is 7.24. The number of hydrogen-bond donors (Lipinski definition) is 8. The molecule has 10 nitrogen and oxygen atoms in total. The van der Waals surface area contributed by atoms with Crippen molar-refractivity contribution >= 4 is 48.9 Å². The van der Waals surface area contributed by atoms with Crippen molar-refractivity contribution in [3.05, 3.63) is 65.2 Å². The first-order valence-corrected chi connectivity index (χ1v) is 13.4. The van der Waals surface area contributed by atoms with Gasteiger partial charge in [-0.25, -0.2) is 4.79 Å². The highest BCUT2D eigenvalue weighted by molar-refractivity contribution is 7.81. The van der Waals surface area contributed by atoms with E-state index in [0.717, 1.165) is 16.7 Å². The molecule has 3 rings (SSSR count). The van der Waals surface area contributed by atoms with E-state index in [-0.39, 0.29) is 30.8 Å². The lowest BCUT2D eigenvalue weighted by Gasteiger charge is -2.30. The van der Waals surface area contributed by atoms with Crippen LogP contribution in [0, 0.1) is 0 Å². The number of benzene rings is 2. The van der Waals surface area contributed by atoms with Gasteiger partial charge in [-0.05, 0) is 49.1 Å². The van der Waals surface area contributed by atoms with E-state index in [1.54, 1.807) is 56.3 Å². The van der Waals surface area contributed by atoms with Crippen LogP contribution >= 0.6 is 25.3 Å². The molecule has 4 atom stereocenters. The molecule has 2 aromatic rings. The van der Waals surface area contributed by atoms with Gasteiger partial charge in [0.15, 0.2) is 0 Å². The number of hydrogen-bond acceptors (Lipinski definition) is 8. The molecule has 210 valence electrons. The zero-order valence-corrected chi connectivity index (χ0v) is 23.5. The summed E-state index contributed by atoms with van der Waals surface area (Å²) < 4.78 is -1.09. The maximum absolute atomic E-state index is 13.3. The fourth-order valence-electron chi connectivity index (χ4n) is 4.46. The van der Waals surface area contributed by atoms with Crippen LogP contribution in [0.15, 0.2) is 48.5 Å². The number of nitrogens with two attached hydrogens (primary N) is 1. The van der Waals surface area contributed by atoms with E-state index >= 15 is 0 Å². The summed E-state index contributed by atoms with van der Waals surface area (Å²) in [6.45, 7) is 3.11. The number of rotatable bonds is 11. The molecule has 0 fully saturated rings. The van der Waals surface area contributed by atoms with Crippen LogP contribution in [0.2, 0.25) is 0 Å². The summed E-state index contributed by atoms with van der Waals surface area (Å²) in [4.78, 5) is 51.4. The Kier molecular flexibility index (Phi) is 9.57. The fraction of sp³-hybridized carbons (Fsp3) is 0.407. The topological polar surface area (TPSA) is 171 Å². The lowest BCUT2D eigenvalue weighted by Crippen LogP contribution is -2.62. The SMILES string of the molecule is CC(C)(S)[C@@H](NC(=O)[C@H](Cc1ccccc1)NC(=O)[C@@H](CS)NC(=O)[C@]1(N)Cc2ccc(O)cc2C1)C(=O)O. The van der Waals surface area contributed by atoms with Gasteiger partial charge < -0.3 is 31.9 Å². The highest BCUT2D eigenvalue weighted by Crippen LogP contribution is 2.31. The average Bonchev–Trinajstić information content (AvgIpc) is 3.21. The van der Waals surface area contributed by atoms with Crippen LogP contribution in [0.4, 0.5) is 0 Å². The summed E-state index contributed by atoms with van der Waals surface area (Å²) in [6.07, 6.45) is 0.480. The molecule has 0 spiro atoms. The second kappa shape index (κ2) is 12.3. The zero-order chi connectivity index (χ0) is 29.0. The molecule has 0 saturated heterocycles. The Morgan fingerprint density at radius 3 is 2.18 bits per heavy atom. The summed E-state index contributed by atoms with van der Waals surface area (Å²) in [5.41, 5.74) is 7.39. The number of carbonyl (C=O) groups is 4. The molecule has 1 aliphatic rings. The monoisotopic (exact) mass is 574 g/mol. The van der Waals surface area contributed by atoms with E-state index in [1.807, 2.05) is 0 Å². The molecule has 0 radical (unpaired) electrons. The minimum absolute atomic E-state index is 0.0696. The molecule has 0 aliphatic heterocycles. The van der Waals surface area contributed by atoms with E-state index in [1.165, 1.54) is 6.07 Å².